The van der Waals surface area contributed by atoms with Gasteiger partial charge in [-0.1, -0.05) is 12.1 Å². The van der Waals surface area contributed by atoms with Crippen LogP contribution in [0.25, 0.3) is 0 Å². The van der Waals surface area contributed by atoms with Crippen molar-refractivity contribution in [3.05, 3.63) is 41.1 Å². The highest BCUT2D eigenvalue weighted by Gasteiger charge is 2.05. The van der Waals surface area contributed by atoms with Gasteiger partial charge in [0.1, 0.15) is 12.9 Å². The van der Waals surface area contributed by atoms with E-state index < -0.39 is 0 Å². The third kappa shape index (κ3) is 3.15. The fourth-order valence-electron chi connectivity index (χ4n) is 1.66. The summed E-state index contributed by atoms with van der Waals surface area (Å²) in [5, 5.41) is 3.96. The van der Waals surface area contributed by atoms with Crippen LogP contribution in [0.15, 0.2) is 35.4 Å². The van der Waals surface area contributed by atoms with Crippen LogP contribution in [0.3, 0.4) is 0 Å². The first-order chi connectivity index (χ1) is 9.22. The molecule has 1 heterocycles. The van der Waals surface area contributed by atoms with E-state index in [1.807, 2.05) is 31.2 Å². The summed E-state index contributed by atoms with van der Waals surface area (Å²) in [7, 11) is 1.66. The molecule has 19 heavy (non-hydrogen) atoms. The fourth-order valence-corrected chi connectivity index (χ4v) is 1.66. The molecule has 0 saturated heterocycles. The van der Waals surface area contributed by atoms with Gasteiger partial charge in [0, 0.05) is 7.05 Å². The number of aromatic nitrogens is 3. The summed E-state index contributed by atoms with van der Waals surface area (Å²) in [6.07, 6.45) is 1.48. The lowest BCUT2D eigenvalue weighted by atomic mass is 10.3. The van der Waals surface area contributed by atoms with Crippen molar-refractivity contribution in [3.8, 4) is 11.5 Å². The Bertz CT molecular complexity index is 589. The van der Waals surface area contributed by atoms with Crippen LogP contribution < -0.4 is 15.2 Å². The Morgan fingerprint density at radius 3 is 2.47 bits per heavy atom. The minimum Gasteiger partial charge on any atom is -0.490 e. The van der Waals surface area contributed by atoms with Crippen molar-refractivity contribution in [1.29, 1.82) is 0 Å². The molecule has 0 bridgehead atoms. The standard InChI is InChI=1S/C13H17N3O3/c1-3-18-11-6-4-5-7-12(11)19-9-8-16-13(17)15(2)10-14-16/h4-7,10H,3,8-9H2,1-2H3. The van der Waals surface area contributed by atoms with Gasteiger partial charge in [-0.3, -0.25) is 4.57 Å². The largest absolute Gasteiger partial charge is 0.490 e. The van der Waals surface area contributed by atoms with E-state index in [0.29, 0.717) is 31.3 Å². The summed E-state index contributed by atoms with van der Waals surface area (Å²) >= 11 is 0. The average Bonchev–Trinajstić information content (AvgIpc) is 2.73. The van der Waals surface area contributed by atoms with Gasteiger partial charge in [0.2, 0.25) is 0 Å². The minimum absolute atomic E-state index is 0.151. The zero-order valence-electron chi connectivity index (χ0n) is 11.1. The third-order valence-electron chi connectivity index (χ3n) is 2.60. The topological polar surface area (TPSA) is 58.3 Å². The molecule has 6 heteroatoms. The van der Waals surface area contributed by atoms with Crippen molar-refractivity contribution in [2.75, 3.05) is 13.2 Å². The van der Waals surface area contributed by atoms with Gasteiger partial charge < -0.3 is 9.47 Å². The molecule has 0 fully saturated rings. The molecule has 0 unspecified atom stereocenters. The van der Waals surface area contributed by atoms with Crippen molar-refractivity contribution in [3.63, 3.8) is 0 Å². The second-order valence-corrected chi connectivity index (χ2v) is 3.98. The second-order valence-electron chi connectivity index (χ2n) is 3.98. The molecule has 0 aliphatic carbocycles. The monoisotopic (exact) mass is 263 g/mol. The molecule has 0 atom stereocenters. The van der Waals surface area contributed by atoms with E-state index in [1.54, 1.807) is 7.05 Å². The summed E-state index contributed by atoms with van der Waals surface area (Å²) in [4.78, 5) is 11.6. The van der Waals surface area contributed by atoms with Crippen molar-refractivity contribution in [2.24, 2.45) is 7.05 Å². The van der Waals surface area contributed by atoms with Crippen LogP contribution in [0.4, 0.5) is 0 Å². The molecule has 0 N–H and O–H groups in total. The van der Waals surface area contributed by atoms with E-state index in [-0.39, 0.29) is 5.69 Å². The van der Waals surface area contributed by atoms with Crippen LogP contribution in [-0.4, -0.2) is 27.6 Å². The summed E-state index contributed by atoms with van der Waals surface area (Å²) in [6.45, 7) is 3.27. The van der Waals surface area contributed by atoms with Gasteiger partial charge in [0.25, 0.3) is 0 Å². The number of aryl methyl sites for hydroxylation is 1. The Hall–Kier alpha value is -2.24. The molecule has 0 aliphatic rings. The molecule has 1 aromatic carbocycles. The Balaban J connectivity index is 1.96. The van der Waals surface area contributed by atoms with Crippen LogP contribution >= 0.6 is 0 Å². The summed E-state index contributed by atoms with van der Waals surface area (Å²) in [5.41, 5.74) is -0.151. The Kier molecular flexibility index (Phi) is 4.22. The smallest absolute Gasteiger partial charge is 0.345 e. The molecule has 102 valence electrons. The first-order valence-electron chi connectivity index (χ1n) is 6.15. The molecule has 0 radical (unpaired) electrons. The van der Waals surface area contributed by atoms with Gasteiger partial charge in [-0.15, -0.1) is 0 Å². The molecular formula is C13H17N3O3. The van der Waals surface area contributed by atoms with Crippen molar-refractivity contribution >= 4 is 0 Å². The number of rotatable bonds is 6. The Morgan fingerprint density at radius 2 is 1.89 bits per heavy atom. The van der Waals surface area contributed by atoms with Gasteiger partial charge in [-0.05, 0) is 19.1 Å². The Morgan fingerprint density at radius 1 is 1.21 bits per heavy atom. The fraction of sp³-hybridized carbons (Fsp3) is 0.385. The normalized spacial score (nSPS) is 10.4. The predicted molar refractivity (Wildman–Crippen MR) is 70.6 cm³/mol. The van der Waals surface area contributed by atoms with Gasteiger partial charge in [-0.2, -0.15) is 5.10 Å². The van der Waals surface area contributed by atoms with Crippen molar-refractivity contribution in [1.82, 2.24) is 14.3 Å². The number of hydrogen-bond donors (Lipinski definition) is 0. The highest BCUT2D eigenvalue weighted by atomic mass is 16.5. The lowest BCUT2D eigenvalue weighted by Crippen LogP contribution is -2.25. The molecular weight excluding hydrogens is 246 g/mol. The molecule has 0 spiro atoms. The molecule has 6 nitrogen and oxygen atoms in total. The molecule has 1 aromatic heterocycles. The average molecular weight is 263 g/mol. The third-order valence-corrected chi connectivity index (χ3v) is 2.60. The first kappa shape index (κ1) is 13.2. The summed E-state index contributed by atoms with van der Waals surface area (Å²) < 4.78 is 13.9. The van der Waals surface area contributed by atoms with E-state index >= 15 is 0 Å². The second kappa shape index (κ2) is 6.08. The van der Waals surface area contributed by atoms with Crippen LogP contribution in [0, 0.1) is 0 Å². The van der Waals surface area contributed by atoms with E-state index in [2.05, 4.69) is 5.10 Å². The van der Waals surface area contributed by atoms with Crippen LogP contribution in [-0.2, 0) is 13.6 Å². The lowest BCUT2D eigenvalue weighted by molar-refractivity contribution is 0.261. The maximum atomic E-state index is 11.6. The maximum Gasteiger partial charge on any atom is 0.345 e. The lowest BCUT2D eigenvalue weighted by Gasteiger charge is -2.11. The zero-order chi connectivity index (χ0) is 13.7. The highest BCUT2D eigenvalue weighted by Crippen LogP contribution is 2.26. The Labute approximate surface area is 111 Å². The maximum absolute atomic E-state index is 11.6. The van der Waals surface area contributed by atoms with Crippen LogP contribution in [0.1, 0.15) is 6.92 Å². The van der Waals surface area contributed by atoms with Crippen LogP contribution in [0.5, 0.6) is 11.5 Å². The van der Waals surface area contributed by atoms with E-state index in [1.165, 1.54) is 15.6 Å². The van der Waals surface area contributed by atoms with Gasteiger partial charge >= 0.3 is 5.69 Å². The number of benzene rings is 1. The van der Waals surface area contributed by atoms with Crippen molar-refractivity contribution < 1.29 is 9.47 Å². The van der Waals surface area contributed by atoms with Crippen molar-refractivity contribution in [2.45, 2.75) is 13.5 Å². The van der Waals surface area contributed by atoms with E-state index in [9.17, 15) is 4.79 Å². The minimum atomic E-state index is -0.151. The number of hydrogen-bond acceptors (Lipinski definition) is 4. The van der Waals surface area contributed by atoms with E-state index in [0.717, 1.165) is 0 Å². The predicted octanol–water partition coefficient (Wildman–Crippen LogP) is 1.06. The SMILES string of the molecule is CCOc1ccccc1OCCn1ncn(C)c1=O. The zero-order valence-corrected chi connectivity index (χ0v) is 11.1. The van der Waals surface area contributed by atoms with Gasteiger partial charge in [-0.25, -0.2) is 9.48 Å². The molecule has 0 saturated carbocycles. The highest BCUT2D eigenvalue weighted by molar-refractivity contribution is 5.39. The van der Waals surface area contributed by atoms with Crippen LogP contribution in [0.2, 0.25) is 0 Å². The number of ether oxygens (including phenoxy) is 2. The summed E-state index contributed by atoms with van der Waals surface area (Å²) in [5.74, 6) is 1.38. The quantitative estimate of drug-likeness (QED) is 0.782. The van der Waals surface area contributed by atoms with E-state index in [4.69, 9.17) is 9.47 Å². The summed E-state index contributed by atoms with van der Waals surface area (Å²) in [6, 6.07) is 7.46. The molecule has 0 amide bonds. The number of para-hydroxylation sites is 2. The van der Waals surface area contributed by atoms with Gasteiger partial charge in [0.15, 0.2) is 11.5 Å². The molecule has 2 aromatic rings. The molecule has 0 aliphatic heterocycles. The molecule has 2 rings (SSSR count). The van der Waals surface area contributed by atoms with Gasteiger partial charge in [0.05, 0.1) is 13.2 Å². The first-order valence-corrected chi connectivity index (χ1v) is 6.15. The number of nitrogens with zero attached hydrogens (tertiary/aromatic N) is 3.